The summed E-state index contributed by atoms with van der Waals surface area (Å²) in [6.07, 6.45) is 3.02. The van der Waals surface area contributed by atoms with E-state index in [9.17, 15) is 4.79 Å². The minimum atomic E-state index is 0.310. The Morgan fingerprint density at radius 2 is 2.06 bits per heavy atom. The Morgan fingerprint density at radius 1 is 1.35 bits per heavy atom. The highest BCUT2D eigenvalue weighted by Gasteiger charge is 2.12. The van der Waals surface area contributed by atoms with Crippen LogP contribution in [0.5, 0.6) is 0 Å². The second kappa shape index (κ2) is 7.03. The highest BCUT2D eigenvalue weighted by molar-refractivity contribution is 6.42. The third kappa shape index (κ3) is 4.69. The first-order valence-corrected chi connectivity index (χ1v) is 6.74. The van der Waals surface area contributed by atoms with Crippen molar-refractivity contribution >= 4 is 29.0 Å². The number of Topliss-reactive ketones (excluding diaryl/α,β-unsaturated/α-hetero) is 1. The maximum atomic E-state index is 11.5. The zero-order chi connectivity index (χ0) is 12.8. The fraction of sp³-hybridized carbons (Fsp3) is 0.500. The van der Waals surface area contributed by atoms with E-state index in [0.717, 1.165) is 18.4 Å². The molecule has 0 aliphatic rings. The molecule has 0 saturated carbocycles. The van der Waals surface area contributed by atoms with Gasteiger partial charge in [-0.05, 0) is 30.4 Å². The second-order valence-corrected chi connectivity index (χ2v) is 5.30. The molecule has 1 unspecified atom stereocenters. The van der Waals surface area contributed by atoms with Crippen LogP contribution >= 0.6 is 23.2 Å². The molecule has 1 nitrogen and oxygen atoms in total. The van der Waals surface area contributed by atoms with Gasteiger partial charge in [-0.3, -0.25) is 4.79 Å². The van der Waals surface area contributed by atoms with Gasteiger partial charge in [0.1, 0.15) is 5.78 Å². The third-order valence-corrected chi connectivity index (χ3v) is 3.56. The molecule has 1 aromatic rings. The van der Waals surface area contributed by atoms with Gasteiger partial charge in [-0.25, -0.2) is 0 Å². The summed E-state index contributed by atoms with van der Waals surface area (Å²) in [6.45, 7) is 4.10. The molecule has 0 aliphatic carbocycles. The standard InChI is InChI=1S/C14H18Cl2O/c1-3-5-12(17)9-10(2)8-11-6-4-7-13(15)14(11)16/h4,6-7,10H,3,5,8-9H2,1-2H3. The van der Waals surface area contributed by atoms with E-state index in [1.807, 2.05) is 19.1 Å². The number of hydrogen-bond donors (Lipinski definition) is 0. The Labute approximate surface area is 113 Å². The number of ketones is 1. The summed E-state index contributed by atoms with van der Waals surface area (Å²) < 4.78 is 0. The lowest BCUT2D eigenvalue weighted by Crippen LogP contribution is -2.08. The van der Waals surface area contributed by atoms with Crippen molar-refractivity contribution in [1.82, 2.24) is 0 Å². The summed E-state index contributed by atoms with van der Waals surface area (Å²) in [5, 5.41) is 1.19. The summed E-state index contributed by atoms with van der Waals surface area (Å²) >= 11 is 12.1. The van der Waals surface area contributed by atoms with Gasteiger partial charge in [-0.15, -0.1) is 0 Å². The molecule has 0 heterocycles. The zero-order valence-corrected chi connectivity index (χ0v) is 11.8. The number of halogens is 2. The van der Waals surface area contributed by atoms with Gasteiger partial charge < -0.3 is 0 Å². The van der Waals surface area contributed by atoms with E-state index in [2.05, 4.69) is 6.92 Å². The van der Waals surface area contributed by atoms with Crippen LogP contribution in [0.1, 0.15) is 38.7 Å². The van der Waals surface area contributed by atoms with Crippen molar-refractivity contribution in [1.29, 1.82) is 0 Å². The summed E-state index contributed by atoms with van der Waals surface area (Å²) in [7, 11) is 0. The van der Waals surface area contributed by atoms with Crippen molar-refractivity contribution in [3.8, 4) is 0 Å². The molecule has 0 radical (unpaired) electrons. The fourth-order valence-electron chi connectivity index (χ4n) is 1.92. The molecule has 0 bridgehead atoms. The van der Waals surface area contributed by atoms with Gasteiger partial charge in [0, 0.05) is 12.8 Å². The van der Waals surface area contributed by atoms with Crippen LogP contribution in [0.25, 0.3) is 0 Å². The van der Waals surface area contributed by atoms with Gasteiger partial charge in [-0.1, -0.05) is 49.2 Å². The van der Waals surface area contributed by atoms with E-state index >= 15 is 0 Å². The van der Waals surface area contributed by atoms with E-state index < -0.39 is 0 Å². The number of rotatable bonds is 6. The molecule has 0 spiro atoms. The van der Waals surface area contributed by atoms with Crippen LogP contribution in [0.3, 0.4) is 0 Å². The molecule has 1 aromatic carbocycles. The predicted molar refractivity (Wildman–Crippen MR) is 73.9 cm³/mol. The quantitative estimate of drug-likeness (QED) is 0.718. The van der Waals surface area contributed by atoms with Crippen LogP contribution in [-0.4, -0.2) is 5.78 Å². The molecule has 3 heteroatoms. The summed E-state index contributed by atoms with van der Waals surface area (Å²) in [5.74, 6) is 0.642. The summed E-state index contributed by atoms with van der Waals surface area (Å²) in [5.41, 5.74) is 1.02. The maximum absolute atomic E-state index is 11.5. The lowest BCUT2D eigenvalue weighted by Gasteiger charge is -2.12. The van der Waals surface area contributed by atoms with Crippen LogP contribution in [0, 0.1) is 5.92 Å². The van der Waals surface area contributed by atoms with Crippen molar-refractivity contribution in [2.24, 2.45) is 5.92 Å². The fourth-order valence-corrected chi connectivity index (χ4v) is 2.32. The van der Waals surface area contributed by atoms with Crippen molar-refractivity contribution in [3.63, 3.8) is 0 Å². The first kappa shape index (κ1) is 14.5. The number of benzene rings is 1. The van der Waals surface area contributed by atoms with Crippen LogP contribution in [0.4, 0.5) is 0 Å². The van der Waals surface area contributed by atoms with Crippen LogP contribution in [0.15, 0.2) is 18.2 Å². The highest BCUT2D eigenvalue weighted by Crippen LogP contribution is 2.28. The molecule has 0 N–H and O–H groups in total. The van der Waals surface area contributed by atoms with Gasteiger partial charge in [0.15, 0.2) is 0 Å². The first-order chi connectivity index (χ1) is 8.04. The smallest absolute Gasteiger partial charge is 0.133 e. The highest BCUT2D eigenvalue weighted by atomic mass is 35.5. The minimum Gasteiger partial charge on any atom is -0.300 e. The SMILES string of the molecule is CCCC(=O)CC(C)Cc1cccc(Cl)c1Cl. The number of carbonyl (C=O) groups excluding carboxylic acids is 1. The summed E-state index contributed by atoms with van der Waals surface area (Å²) in [6, 6.07) is 5.64. The van der Waals surface area contributed by atoms with Gasteiger partial charge >= 0.3 is 0 Å². The van der Waals surface area contributed by atoms with E-state index in [-0.39, 0.29) is 0 Å². The van der Waals surface area contributed by atoms with Gasteiger partial charge in [0.05, 0.1) is 10.0 Å². The molecular formula is C14H18Cl2O. The molecule has 0 fully saturated rings. The lowest BCUT2D eigenvalue weighted by molar-refractivity contribution is -0.119. The summed E-state index contributed by atoms with van der Waals surface area (Å²) in [4.78, 5) is 11.5. The topological polar surface area (TPSA) is 17.1 Å². The molecule has 0 saturated heterocycles. The molecule has 17 heavy (non-hydrogen) atoms. The lowest BCUT2D eigenvalue weighted by atomic mass is 9.95. The molecule has 94 valence electrons. The molecule has 1 rings (SSSR count). The monoisotopic (exact) mass is 272 g/mol. The van der Waals surface area contributed by atoms with Crippen LogP contribution in [0.2, 0.25) is 10.0 Å². The van der Waals surface area contributed by atoms with E-state index in [0.29, 0.717) is 34.6 Å². The van der Waals surface area contributed by atoms with E-state index in [1.54, 1.807) is 6.07 Å². The number of carbonyl (C=O) groups is 1. The third-order valence-electron chi connectivity index (χ3n) is 2.70. The van der Waals surface area contributed by atoms with Gasteiger partial charge in [-0.2, -0.15) is 0 Å². The Balaban J connectivity index is 2.59. The molecule has 0 amide bonds. The molecular weight excluding hydrogens is 255 g/mol. The Bertz CT molecular complexity index is 388. The Morgan fingerprint density at radius 3 is 2.71 bits per heavy atom. The second-order valence-electron chi connectivity index (χ2n) is 4.52. The van der Waals surface area contributed by atoms with Crippen molar-refractivity contribution in [2.45, 2.75) is 39.5 Å². The maximum Gasteiger partial charge on any atom is 0.133 e. The molecule has 1 atom stereocenters. The van der Waals surface area contributed by atoms with Crippen molar-refractivity contribution < 1.29 is 4.79 Å². The average Bonchev–Trinajstić information content (AvgIpc) is 2.25. The largest absolute Gasteiger partial charge is 0.300 e. The zero-order valence-electron chi connectivity index (χ0n) is 10.3. The van der Waals surface area contributed by atoms with Crippen molar-refractivity contribution in [2.75, 3.05) is 0 Å². The molecule has 0 aliphatic heterocycles. The van der Waals surface area contributed by atoms with E-state index in [4.69, 9.17) is 23.2 Å². The van der Waals surface area contributed by atoms with E-state index in [1.165, 1.54) is 0 Å². The Kier molecular flexibility index (Phi) is 6.01. The number of hydrogen-bond acceptors (Lipinski definition) is 1. The molecule has 0 aromatic heterocycles. The van der Waals surface area contributed by atoms with Gasteiger partial charge in [0.25, 0.3) is 0 Å². The van der Waals surface area contributed by atoms with Gasteiger partial charge in [0.2, 0.25) is 0 Å². The average molecular weight is 273 g/mol. The van der Waals surface area contributed by atoms with Crippen LogP contribution in [-0.2, 0) is 11.2 Å². The normalized spacial score (nSPS) is 12.5. The minimum absolute atomic E-state index is 0.310. The van der Waals surface area contributed by atoms with Crippen molar-refractivity contribution in [3.05, 3.63) is 33.8 Å². The first-order valence-electron chi connectivity index (χ1n) is 5.99. The predicted octanol–water partition coefficient (Wildman–Crippen LogP) is 4.93. The Hall–Kier alpha value is -0.530. The van der Waals surface area contributed by atoms with Crippen LogP contribution < -0.4 is 0 Å².